The summed E-state index contributed by atoms with van der Waals surface area (Å²) in [5, 5.41) is 3.26. The van der Waals surface area contributed by atoms with Crippen LogP contribution in [0.3, 0.4) is 0 Å². The van der Waals surface area contributed by atoms with Gasteiger partial charge in [0.15, 0.2) is 0 Å². The lowest BCUT2D eigenvalue weighted by Gasteiger charge is -2.42. The zero-order valence-electron chi connectivity index (χ0n) is 14.7. The summed E-state index contributed by atoms with van der Waals surface area (Å²) in [6.07, 6.45) is 9.86. The molecule has 3 aliphatic rings. The first-order valence-electron chi connectivity index (χ1n) is 9.59. The quantitative estimate of drug-likeness (QED) is 0.823. The average Bonchev–Trinajstić information content (AvgIpc) is 2.57. The van der Waals surface area contributed by atoms with E-state index in [1.165, 1.54) is 32.4 Å². The zero-order chi connectivity index (χ0) is 16.3. The van der Waals surface area contributed by atoms with E-state index in [4.69, 9.17) is 5.73 Å². The van der Waals surface area contributed by atoms with Crippen LogP contribution in [0.15, 0.2) is 0 Å². The second-order valence-corrected chi connectivity index (χ2v) is 8.03. The Balaban J connectivity index is 1.43. The summed E-state index contributed by atoms with van der Waals surface area (Å²) in [5.74, 6) is 0.106. The molecule has 132 valence electrons. The van der Waals surface area contributed by atoms with Gasteiger partial charge in [0.05, 0.1) is 5.54 Å². The number of nitrogens with two attached hydrogens (primary N) is 1. The second-order valence-electron chi connectivity index (χ2n) is 8.03. The number of likely N-dealkylation sites (tertiary alicyclic amines) is 2. The Hall–Kier alpha value is -0.650. The summed E-state index contributed by atoms with van der Waals surface area (Å²) < 4.78 is 0. The van der Waals surface area contributed by atoms with Crippen molar-refractivity contribution in [2.75, 3.05) is 33.2 Å². The topological polar surface area (TPSA) is 61.6 Å². The van der Waals surface area contributed by atoms with Crippen LogP contribution in [0, 0.1) is 0 Å². The van der Waals surface area contributed by atoms with Gasteiger partial charge in [-0.2, -0.15) is 0 Å². The molecule has 0 bridgehead atoms. The largest absolute Gasteiger partial charge is 0.352 e. The minimum Gasteiger partial charge on any atom is -0.352 e. The normalized spacial score (nSPS) is 28.6. The highest BCUT2D eigenvalue weighted by Gasteiger charge is 2.37. The number of carbonyl (C=O) groups excluding carboxylic acids is 1. The molecule has 3 N–H and O–H groups in total. The molecule has 0 atom stereocenters. The molecule has 2 saturated heterocycles. The van der Waals surface area contributed by atoms with E-state index in [1.54, 1.807) is 0 Å². The Morgan fingerprint density at radius 3 is 2.22 bits per heavy atom. The summed E-state index contributed by atoms with van der Waals surface area (Å²) in [7, 11) is 2.21. The van der Waals surface area contributed by atoms with E-state index >= 15 is 0 Å². The van der Waals surface area contributed by atoms with Crippen LogP contribution >= 0.6 is 0 Å². The van der Waals surface area contributed by atoms with Crippen molar-refractivity contribution in [3.63, 3.8) is 0 Å². The van der Waals surface area contributed by atoms with Crippen molar-refractivity contribution < 1.29 is 4.79 Å². The summed E-state index contributed by atoms with van der Waals surface area (Å²) in [6.45, 7) is 4.68. The SMILES string of the molecule is CN1CCC(N2CCC(NC(=O)C3(N)CCCCC3)CC2)CC1. The van der Waals surface area contributed by atoms with Gasteiger partial charge in [0.2, 0.25) is 5.91 Å². The molecule has 1 saturated carbocycles. The zero-order valence-corrected chi connectivity index (χ0v) is 14.7. The monoisotopic (exact) mass is 322 g/mol. The highest BCUT2D eigenvalue weighted by atomic mass is 16.2. The molecular weight excluding hydrogens is 288 g/mol. The van der Waals surface area contributed by atoms with E-state index in [-0.39, 0.29) is 5.91 Å². The molecule has 5 nitrogen and oxygen atoms in total. The molecule has 0 spiro atoms. The molecule has 2 heterocycles. The summed E-state index contributed by atoms with van der Waals surface area (Å²) in [5.41, 5.74) is 5.76. The smallest absolute Gasteiger partial charge is 0.240 e. The van der Waals surface area contributed by atoms with E-state index in [0.29, 0.717) is 6.04 Å². The molecular formula is C18H34N4O. The second kappa shape index (κ2) is 7.49. The van der Waals surface area contributed by atoms with Gasteiger partial charge in [0.25, 0.3) is 0 Å². The third-order valence-electron chi connectivity index (χ3n) is 6.27. The van der Waals surface area contributed by atoms with Crippen LogP contribution in [0.4, 0.5) is 0 Å². The van der Waals surface area contributed by atoms with Gasteiger partial charge in [-0.05, 0) is 58.7 Å². The predicted octanol–water partition coefficient (Wildman–Crippen LogP) is 1.32. The van der Waals surface area contributed by atoms with Gasteiger partial charge < -0.3 is 20.9 Å². The molecule has 0 unspecified atom stereocenters. The molecule has 0 radical (unpaired) electrons. The third-order valence-corrected chi connectivity index (χ3v) is 6.27. The minimum atomic E-state index is -0.594. The molecule has 0 aromatic heterocycles. The fourth-order valence-corrected chi connectivity index (χ4v) is 4.51. The van der Waals surface area contributed by atoms with Gasteiger partial charge in [0.1, 0.15) is 0 Å². The maximum absolute atomic E-state index is 12.6. The van der Waals surface area contributed by atoms with Crippen molar-refractivity contribution in [2.45, 2.75) is 75.4 Å². The molecule has 3 fully saturated rings. The number of hydrogen-bond acceptors (Lipinski definition) is 4. The van der Waals surface area contributed by atoms with Crippen molar-refractivity contribution in [1.29, 1.82) is 0 Å². The van der Waals surface area contributed by atoms with Crippen molar-refractivity contribution in [3.8, 4) is 0 Å². The van der Waals surface area contributed by atoms with Crippen LogP contribution in [0.1, 0.15) is 57.8 Å². The molecule has 0 aromatic carbocycles. The van der Waals surface area contributed by atoms with E-state index in [1.807, 2.05) is 0 Å². The van der Waals surface area contributed by atoms with Gasteiger partial charge in [-0.1, -0.05) is 19.3 Å². The molecule has 3 rings (SSSR count). The number of nitrogens with one attached hydrogen (secondary N) is 1. The highest BCUT2D eigenvalue weighted by molar-refractivity contribution is 5.86. The Morgan fingerprint density at radius 1 is 1.00 bits per heavy atom. The number of rotatable bonds is 3. The maximum Gasteiger partial charge on any atom is 0.240 e. The van der Waals surface area contributed by atoms with Crippen LogP contribution in [-0.4, -0.2) is 66.6 Å². The third kappa shape index (κ3) is 4.25. The highest BCUT2D eigenvalue weighted by Crippen LogP contribution is 2.27. The predicted molar refractivity (Wildman–Crippen MR) is 93.3 cm³/mol. The van der Waals surface area contributed by atoms with Crippen molar-refractivity contribution in [1.82, 2.24) is 15.1 Å². The van der Waals surface area contributed by atoms with Gasteiger partial charge in [0, 0.05) is 25.2 Å². The molecule has 0 aromatic rings. The van der Waals surface area contributed by atoms with Gasteiger partial charge >= 0.3 is 0 Å². The first-order chi connectivity index (χ1) is 11.1. The number of amides is 1. The van der Waals surface area contributed by atoms with E-state index in [2.05, 4.69) is 22.2 Å². The Kier molecular flexibility index (Phi) is 5.60. The van der Waals surface area contributed by atoms with Crippen LogP contribution in [0.25, 0.3) is 0 Å². The number of nitrogens with zero attached hydrogens (tertiary/aromatic N) is 2. The summed E-state index contributed by atoms with van der Waals surface area (Å²) >= 11 is 0. The fourth-order valence-electron chi connectivity index (χ4n) is 4.51. The van der Waals surface area contributed by atoms with Crippen LogP contribution < -0.4 is 11.1 Å². The fraction of sp³-hybridized carbons (Fsp3) is 0.944. The standard InChI is InChI=1S/C18H34N4O/c1-21-11-7-16(8-12-21)22-13-5-15(6-14-22)20-17(23)18(19)9-3-2-4-10-18/h15-16H,2-14,19H2,1H3,(H,20,23). The number of hydrogen-bond donors (Lipinski definition) is 2. The average molecular weight is 322 g/mol. The number of piperidine rings is 2. The summed E-state index contributed by atoms with van der Waals surface area (Å²) in [4.78, 5) is 17.6. The molecule has 1 amide bonds. The Labute approximate surface area is 140 Å². The molecule has 5 heteroatoms. The van der Waals surface area contributed by atoms with Gasteiger partial charge in [-0.25, -0.2) is 0 Å². The number of carbonyl (C=O) groups is 1. The van der Waals surface area contributed by atoms with E-state index in [9.17, 15) is 4.79 Å². The van der Waals surface area contributed by atoms with Gasteiger partial charge in [-0.3, -0.25) is 4.79 Å². The first kappa shape index (κ1) is 17.2. The molecule has 1 aliphatic carbocycles. The first-order valence-corrected chi connectivity index (χ1v) is 9.59. The van der Waals surface area contributed by atoms with Crippen molar-refractivity contribution >= 4 is 5.91 Å². The van der Waals surface area contributed by atoms with E-state index < -0.39 is 5.54 Å². The Morgan fingerprint density at radius 2 is 1.61 bits per heavy atom. The van der Waals surface area contributed by atoms with Crippen molar-refractivity contribution in [2.24, 2.45) is 5.73 Å². The lowest BCUT2D eigenvalue weighted by Crippen LogP contribution is -2.58. The lowest BCUT2D eigenvalue weighted by molar-refractivity contribution is -0.128. The maximum atomic E-state index is 12.6. The van der Waals surface area contributed by atoms with Crippen LogP contribution in [0.2, 0.25) is 0 Å². The van der Waals surface area contributed by atoms with Crippen LogP contribution in [0.5, 0.6) is 0 Å². The molecule has 23 heavy (non-hydrogen) atoms. The van der Waals surface area contributed by atoms with Crippen LogP contribution in [-0.2, 0) is 4.79 Å². The molecule has 2 aliphatic heterocycles. The summed E-state index contributed by atoms with van der Waals surface area (Å²) in [6, 6.07) is 1.08. The lowest BCUT2D eigenvalue weighted by atomic mass is 9.81. The van der Waals surface area contributed by atoms with Gasteiger partial charge in [-0.15, -0.1) is 0 Å². The minimum absolute atomic E-state index is 0.106. The Bertz CT molecular complexity index is 392. The van der Waals surface area contributed by atoms with Crippen molar-refractivity contribution in [3.05, 3.63) is 0 Å². The van der Waals surface area contributed by atoms with E-state index in [0.717, 1.165) is 57.7 Å².